The van der Waals surface area contributed by atoms with Crippen molar-refractivity contribution in [3.8, 4) is 0 Å². The lowest BCUT2D eigenvalue weighted by Gasteiger charge is -2.36. The van der Waals surface area contributed by atoms with Gasteiger partial charge in [0.05, 0.1) is 0 Å². The number of hydrogen-bond donors (Lipinski definition) is 2. The molecule has 0 bridgehead atoms. The SMILES string of the molecule is CC1C=CC(NC2CC(C)CCC2C)=C(C2=Cc3c([nH]c4ccccc34)CC2)C1. The summed E-state index contributed by atoms with van der Waals surface area (Å²) in [5.41, 5.74) is 8.57. The van der Waals surface area contributed by atoms with Crippen molar-refractivity contribution in [2.45, 2.75) is 65.3 Å². The lowest BCUT2D eigenvalue weighted by atomic mass is 9.79. The minimum absolute atomic E-state index is 0.606. The summed E-state index contributed by atoms with van der Waals surface area (Å²) in [6.45, 7) is 7.19. The third-order valence-corrected chi connectivity index (χ3v) is 7.42. The zero-order chi connectivity index (χ0) is 20.0. The van der Waals surface area contributed by atoms with Crippen LogP contribution in [0, 0.1) is 17.8 Å². The fourth-order valence-electron chi connectivity index (χ4n) is 5.56. The van der Waals surface area contributed by atoms with Gasteiger partial charge in [-0.25, -0.2) is 0 Å². The minimum atomic E-state index is 0.606. The minimum Gasteiger partial charge on any atom is -0.382 e. The first-order chi connectivity index (χ1) is 14.1. The molecule has 1 saturated carbocycles. The van der Waals surface area contributed by atoms with Crippen molar-refractivity contribution in [2.75, 3.05) is 0 Å². The molecule has 1 heterocycles. The van der Waals surface area contributed by atoms with Gasteiger partial charge in [0.15, 0.2) is 0 Å². The number of nitrogens with one attached hydrogen (secondary N) is 2. The maximum atomic E-state index is 4.01. The number of aryl methyl sites for hydroxylation is 1. The van der Waals surface area contributed by atoms with Crippen molar-refractivity contribution in [3.63, 3.8) is 0 Å². The molecule has 2 nitrogen and oxygen atoms in total. The Hall–Kier alpha value is -2.22. The smallest absolute Gasteiger partial charge is 0.0462 e. The average molecular weight is 387 g/mol. The Morgan fingerprint density at radius 1 is 1.03 bits per heavy atom. The number of aromatic amines is 1. The number of H-pyrrole nitrogens is 1. The molecule has 2 heteroatoms. The molecular weight excluding hydrogens is 352 g/mol. The molecule has 29 heavy (non-hydrogen) atoms. The van der Waals surface area contributed by atoms with E-state index in [0.29, 0.717) is 12.0 Å². The molecule has 1 aromatic carbocycles. The van der Waals surface area contributed by atoms with Gasteiger partial charge >= 0.3 is 0 Å². The number of aromatic nitrogens is 1. The molecule has 0 amide bonds. The molecule has 1 fully saturated rings. The second kappa shape index (κ2) is 7.55. The Bertz CT molecular complexity index is 1000. The van der Waals surface area contributed by atoms with Crippen LogP contribution < -0.4 is 5.32 Å². The third kappa shape index (κ3) is 3.58. The highest BCUT2D eigenvalue weighted by atomic mass is 14.9. The summed E-state index contributed by atoms with van der Waals surface area (Å²) in [5, 5.41) is 5.37. The maximum Gasteiger partial charge on any atom is 0.0462 e. The highest BCUT2D eigenvalue weighted by Crippen LogP contribution is 2.38. The Morgan fingerprint density at radius 3 is 2.79 bits per heavy atom. The van der Waals surface area contributed by atoms with Gasteiger partial charge in [-0.3, -0.25) is 0 Å². The summed E-state index contributed by atoms with van der Waals surface area (Å²) >= 11 is 0. The number of hydrogen-bond acceptors (Lipinski definition) is 1. The lowest BCUT2D eigenvalue weighted by Crippen LogP contribution is -2.39. The van der Waals surface area contributed by atoms with Crippen LogP contribution in [0.15, 0.2) is 53.3 Å². The highest BCUT2D eigenvalue weighted by Gasteiger charge is 2.28. The summed E-state index contributed by atoms with van der Waals surface area (Å²) in [5.74, 6) is 2.21. The van der Waals surface area contributed by atoms with E-state index in [1.165, 1.54) is 52.7 Å². The second-order valence-corrected chi connectivity index (χ2v) is 9.81. The number of fused-ring (bicyclic) bond motifs is 3. The molecule has 0 saturated heterocycles. The van der Waals surface area contributed by atoms with Crippen LogP contribution in [0.25, 0.3) is 17.0 Å². The summed E-state index contributed by atoms with van der Waals surface area (Å²) in [7, 11) is 0. The van der Waals surface area contributed by atoms with Crippen LogP contribution in [0.5, 0.6) is 0 Å². The molecule has 0 spiro atoms. The van der Waals surface area contributed by atoms with E-state index in [2.05, 4.69) is 73.6 Å². The van der Waals surface area contributed by atoms with E-state index in [-0.39, 0.29) is 0 Å². The van der Waals surface area contributed by atoms with Crippen molar-refractivity contribution in [1.82, 2.24) is 10.3 Å². The van der Waals surface area contributed by atoms with Gasteiger partial charge in [0, 0.05) is 33.9 Å². The Kier molecular flexibility index (Phi) is 4.89. The quantitative estimate of drug-likeness (QED) is 0.599. The van der Waals surface area contributed by atoms with Crippen molar-refractivity contribution >= 4 is 17.0 Å². The molecule has 0 radical (unpaired) electrons. The van der Waals surface area contributed by atoms with Gasteiger partial charge in [0.1, 0.15) is 0 Å². The van der Waals surface area contributed by atoms with Crippen LogP contribution in [0.1, 0.15) is 64.1 Å². The van der Waals surface area contributed by atoms with E-state index in [1.54, 1.807) is 5.57 Å². The molecule has 4 atom stereocenters. The monoisotopic (exact) mass is 386 g/mol. The lowest BCUT2D eigenvalue weighted by molar-refractivity contribution is 0.240. The maximum absolute atomic E-state index is 4.01. The normalized spacial score (nSPS) is 29.7. The van der Waals surface area contributed by atoms with Gasteiger partial charge in [-0.1, -0.05) is 51.5 Å². The predicted molar refractivity (Wildman–Crippen MR) is 124 cm³/mol. The summed E-state index contributed by atoms with van der Waals surface area (Å²) in [6.07, 6.45) is 14.7. The molecule has 1 aromatic heterocycles. The van der Waals surface area contributed by atoms with E-state index in [0.717, 1.165) is 31.1 Å². The van der Waals surface area contributed by atoms with Crippen molar-refractivity contribution in [3.05, 3.63) is 64.5 Å². The van der Waals surface area contributed by atoms with E-state index < -0.39 is 0 Å². The van der Waals surface area contributed by atoms with Gasteiger partial charge in [0.2, 0.25) is 0 Å². The molecule has 4 unspecified atom stereocenters. The van der Waals surface area contributed by atoms with Gasteiger partial charge < -0.3 is 10.3 Å². The van der Waals surface area contributed by atoms with Crippen molar-refractivity contribution in [2.24, 2.45) is 17.8 Å². The Balaban J connectivity index is 1.52. The Labute approximate surface area is 175 Å². The second-order valence-electron chi connectivity index (χ2n) is 9.81. The van der Waals surface area contributed by atoms with Crippen LogP contribution in [-0.4, -0.2) is 11.0 Å². The standard InChI is InChI=1S/C27H34N2/c1-17-9-12-25(29-27-15-18(2)8-10-19(27)3)22(14-17)20-11-13-26-23(16-20)21-6-4-5-7-24(21)28-26/h4-7,9,12,16-19,27-29H,8,10-11,13-15H2,1-3H3. The first-order valence-corrected chi connectivity index (χ1v) is 11.6. The summed E-state index contributed by atoms with van der Waals surface area (Å²) in [6, 6.07) is 9.34. The molecule has 152 valence electrons. The van der Waals surface area contributed by atoms with Crippen molar-refractivity contribution in [1.29, 1.82) is 0 Å². The topological polar surface area (TPSA) is 27.8 Å². The zero-order valence-corrected chi connectivity index (χ0v) is 18.1. The van der Waals surface area contributed by atoms with E-state index in [4.69, 9.17) is 0 Å². The first-order valence-electron chi connectivity index (χ1n) is 11.6. The van der Waals surface area contributed by atoms with Crippen LogP contribution in [-0.2, 0) is 6.42 Å². The van der Waals surface area contributed by atoms with Gasteiger partial charge in [-0.05, 0) is 79.2 Å². The molecule has 5 rings (SSSR count). The van der Waals surface area contributed by atoms with Crippen LogP contribution in [0.3, 0.4) is 0 Å². The average Bonchev–Trinajstić information content (AvgIpc) is 3.10. The van der Waals surface area contributed by atoms with E-state index in [9.17, 15) is 0 Å². The van der Waals surface area contributed by atoms with Crippen LogP contribution in [0.2, 0.25) is 0 Å². The van der Waals surface area contributed by atoms with E-state index >= 15 is 0 Å². The van der Waals surface area contributed by atoms with Crippen molar-refractivity contribution < 1.29 is 0 Å². The van der Waals surface area contributed by atoms with Gasteiger partial charge in [0.25, 0.3) is 0 Å². The number of allylic oxidation sites excluding steroid dienone is 4. The summed E-state index contributed by atoms with van der Waals surface area (Å²) < 4.78 is 0. The van der Waals surface area contributed by atoms with Gasteiger partial charge in [-0.15, -0.1) is 0 Å². The molecule has 3 aliphatic carbocycles. The molecule has 2 aromatic rings. The largest absolute Gasteiger partial charge is 0.382 e. The fraction of sp³-hybridized carbons (Fsp3) is 0.481. The summed E-state index contributed by atoms with van der Waals surface area (Å²) in [4.78, 5) is 3.65. The fourth-order valence-corrected chi connectivity index (χ4v) is 5.56. The van der Waals surface area contributed by atoms with Gasteiger partial charge in [-0.2, -0.15) is 0 Å². The van der Waals surface area contributed by atoms with Crippen LogP contribution in [0.4, 0.5) is 0 Å². The molecule has 0 aliphatic heterocycles. The number of rotatable bonds is 3. The molecule has 2 N–H and O–H groups in total. The number of para-hydroxylation sites is 1. The molecular formula is C27H34N2. The highest BCUT2D eigenvalue weighted by molar-refractivity contribution is 5.92. The number of benzene rings is 1. The zero-order valence-electron chi connectivity index (χ0n) is 18.1. The molecule has 3 aliphatic rings. The third-order valence-electron chi connectivity index (χ3n) is 7.42. The first kappa shape index (κ1) is 18.8. The van der Waals surface area contributed by atoms with E-state index in [1.807, 2.05) is 0 Å². The van der Waals surface area contributed by atoms with Crippen LogP contribution >= 0.6 is 0 Å². The predicted octanol–water partition coefficient (Wildman–Crippen LogP) is 6.76. The Morgan fingerprint density at radius 2 is 1.90 bits per heavy atom.